The molecule has 3 nitrogen and oxygen atoms in total. The van der Waals surface area contributed by atoms with Crippen molar-refractivity contribution in [3.63, 3.8) is 0 Å². The molecule has 0 unspecified atom stereocenters. The lowest BCUT2D eigenvalue weighted by molar-refractivity contribution is 0.208. The average Bonchev–Trinajstić information content (AvgIpc) is 2.29. The number of ether oxygens (including phenoxy) is 1. The maximum absolute atomic E-state index is 5.81. The summed E-state index contributed by atoms with van der Waals surface area (Å²) in [4.78, 5) is 4.15. The van der Waals surface area contributed by atoms with Crippen LogP contribution in [-0.4, -0.2) is 24.7 Å². The number of hydrogen-bond donors (Lipinski definition) is 1. The van der Waals surface area contributed by atoms with E-state index >= 15 is 0 Å². The third-order valence-electron chi connectivity index (χ3n) is 2.69. The summed E-state index contributed by atoms with van der Waals surface area (Å²) in [5.74, 6) is 1.26. The normalized spacial score (nSPS) is 17.4. The summed E-state index contributed by atoms with van der Waals surface area (Å²) in [5.41, 5.74) is 0. The summed E-state index contributed by atoms with van der Waals surface area (Å²) in [5, 5.41) is 3.95. The van der Waals surface area contributed by atoms with Crippen LogP contribution in [0.25, 0.3) is 0 Å². The largest absolute Gasteiger partial charge is 0.477 e. The first-order valence-electron chi connectivity index (χ1n) is 5.40. The fourth-order valence-electron chi connectivity index (χ4n) is 1.75. The molecule has 5 heteroatoms. The van der Waals surface area contributed by atoms with Crippen molar-refractivity contribution in [3.05, 3.63) is 21.8 Å². The average molecular weight is 306 g/mol. The van der Waals surface area contributed by atoms with Gasteiger partial charge in [-0.3, -0.25) is 0 Å². The van der Waals surface area contributed by atoms with E-state index in [1.54, 1.807) is 12.3 Å². The second kappa shape index (κ2) is 5.84. The van der Waals surface area contributed by atoms with E-state index in [2.05, 4.69) is 26.2 Å². The highest BCUT2D eigenvalue weighted by Gasteiger charge is 2.14. The van der Waals surface area contributed by atoms with E-state index in [0.717, 1.165) is 24.2 Å². The Morgan fingerprint density at radius 3 is 2.94 bits per heavy atom. The first-order chi connectivity index (χ1) is 7.75. The van der Waals surface area contributed by atoms with Gasteiger partial charge >= 0.3 is 0 Å². The van der Waals surface area contributed by atoms with Crippen LogP contribution >= 0.6 is 27.5 Å². The van der Waals surface area contributed by atoms with Crippen LogP contribution in [0.2, 0.25) is 5.02 Å². The summed E-state index contributed by atoms with van der Waals surface area (Å²) >= 11 is 9.20. The van der Waals surface area contributed by atoms with Crippen LogP contribution in [0.4, 0.5) is 0 Å². The van der Waals surface area contributed by atoms with Crippen LogP contribution in [0, 0.1) is 5.92 Å². The quantitative estimate of drug-likeness (QED) is 0.932. The van der Waals surface area contributed by atoms with Gasteiger partial charge in [0.1, 0.15) is 0 Å². The van der Waals surface area contributed by atoms with Gasteiger partial charge in [-0.1, -0.05) is 11.6 Å². The molecule has 0 spiro atoms. The van der Waals surface area contributed by atoms with E-state index in [4.69, 9.17) is 16.3 Å². The van der Waals surface area contributed by atoms with Crippen LogP contribution < -0.4 is 10.1 Å². The SMILES string of the molecule is Clc1cnc(OCC2CCNCC2)c(Br)c1. The van der Waals surface area contributed by atoms with Crippen molar-refractivity contribution in [2.75, 3.05) is 19.7 Å². The summed E-state index contributed by atoms with van der Waals surface area (Å²) in [6.45, 7) is 2.90. The molecule has 0 saturated carbocycles. The Kier molecular flexibility index (Phi) is 4.44. The van der Waals surface area contributed by atoms with Gasteiger partial charge in [-0.05, 0) is 53.8 Å². The maximum Gasteiger partial charge on any atom is 0.228 e. The first-order valence-corrected chi connectivity index (χ1v) is 6.57. The van der Waals surface area contributed by atoms with Crippen molar-refractivity contribution in [1.29, 1.82) is 0 Å². The molecule has 1 aromatic rings. The fourth-order valence-corrected chi connectivity index (χ4v) is 2.51. The van der Waals surface area contributed by atoms with Crippen LogP contribution in [-0.2, 0) is 0 Å². The van der Waals surface area contributed by atoms with Gasteiger partial charge in [0.25, 0.3) is 0 Å². The number of piperidine rings is 1. The van der Waals surface area contributed by atoms with Gasteiger partial charge in [-0.15, -0.1) is 0 Å². The molecule has 1 aliphatic heterocycles. The lowest BCUT2D eigenvalue weighted by Crippen LogP contribution is -2.30. The molecular weight excluding hydrogens is 291 g/mol. The number of halogens is 2. The molecule has 1 aliphatic rings. The van der Waals surface area contributed by atoms with Crippen LogP contribution in [0.5, 0.6) is 5.88 Å². The van der Waals surface area contributed by atoms with Gasteiger partial charge in [-0.2, -0.15) is 0 Å². The van der Waals surface area contributed by atoms with Gasteiger partial charge < -0.3 is 10.1 Å². The van der Waals surface area contributed by atoms with E-state index in [-0.39, 0.29) is 0 Å². The molecule has 88 valence electrons. The summed E-state index contributed by atoms with van der Waals surface area (Å²) in [7, 11) is 0. The molecule has 1 fully saturated rings. The van der Waals surface area contributed by atoms with Gasteiger partial charge in [0.2, 0.25) is 5.88 Å². The van der Waals surface area contributed by atoms with Crippen molar-refractivity contribution < 1.29 is 4.74 Å². The molecule has 2 rings (SSSR count). The van der Waals surface area contributed by atoms with E-state index in [0.29, 0.717) is 16.8 Å². The number of nitrogens with one attached hydrogen (secondary N) is 1. The summed E-state index contributed by atoms with van der Waals surface area (Å²) in [6.07, 6.45) is 3.94. The molecule has 1 aromatic heterocycles. The smallest absolute Gasteiger partial charge is 0.228 e. The molecule has 2 heterocycles. The fraction of sp³-hybridized carbons (Fsp3) is 0.545. The zero-order chi connectivity index (χ0) is 11.4. The summed E-state index contributed by atoms with van der Waals surface area (Å²) < 4.78 is 6.50. The molecular formula is C11H14BrClN2O. The number of pyridine rings is 1. The minimum Gasteiger partial charge on any atom is -0.477 e. The van der Waals surface area contributed by atoms with Gasteiger partial charge in [-0.25, -0.2) is 4.98 Å². The first kappa shape index (κ1) is 12.1. The van der Waals surface area contributed by atoms with E-state index in [1.807, 2.05) is 0 Å². The van der Waals surface area contributed by atoms with Crippen molar-refractivity contribution >= 4 is 27.5 Å². The Morgan fingerprint density at radius 1 is 1.50 bits per heavy atom. The van der Waals surface area contributed by atoms with Gasteiger partial charge in [0, 0.05) is 6.20 Å². The van der Waals surface area contributed by atoms with E-state index in [9.17, 15) is 0 Å². The van der Waals surface area contributed by atoms with Crippen LogP contribution in [0.15, 0.2) is 16.7 Å². The minimum atomic E-state index is 0.612. The third-order valence-corrected chi connectivity index (χ3v) is 3.46. The lowest BCUT2D eigenvalue weighted by atomic mass is 9.99. The molecule has 1 N–H and O–H groups in total. The zero-order valence-corrected chi connectivity index (χ0v) is 11.2. The van der Waals surface area contributed by atoms with Gasteiger partial charge in [0.05, 0.1) is 16.1 Å². The highest BCUT2D eigenvalue weighted by atomic mass is 79.9. The zero-order valence-electron chi connectivity index (χ0n) is 8.88. The monoisotopic (exact) mass is 304 g/mol. The Hall–Kier alpha value is -0.320. The molecule has 0 radical (unpaired) electrons. The molecule has 0 aromatic carbocycles. The molecule has 16 heavy (non-hydrogen) atoms. The summed E-state index contributed by atoms with van der Waals surface area (Å²) in [6, 6.07) is 1.80. The predicted molar refractivity (Wildman–Crippen MR) is 68.0 cm³/mol. The second-order valence-corrected chi connectivity index (χ2v) is 5.24. The van der Waals surface area contributed by atoms with Crippen LogP contribution in [0.1, 0.15) is 12.8 Å². The molecule has 0 bridgehead atoms. The Bertz CT molecular complexity index is 356. The van der Waals surface area contributed by atoms with Gasteiger partial charge in [0.15, 0.2) is 0 Å². The Morgan fingerprint density at radius 2 is 2.25 bits per heavy atom. The minimum absolute atomic E-state index is 0.612. The maximum atomic E-state index is 5.81. The Labute approximate surface area is 109 Å². The molecule has 0 amide bonds. The number of rotatable bonds is 3. The molecule has 0 atom stereocenters. The van der Waals surface area contributed by atoms with Crippen molar-refractivity contribution in [3.8, 4) is 5.88 Å². The standard InChI is InChI=1S/C11H14BrClN2O/c12-10-5-9(13)6-15-11(10)16-7-8-1-3-14-4-2-8/h5-6,8,14H,1-4,7H2. The second-order valence-electron chi connectivity index (χ2n) is 3.94. The van der Waals surface area contributed by atoms with Crippen LogP contribution in [0.3, 0.4) is 0 Å². The molecule has 0 aliphatic carbocycles. The number of nitrogens with zero attached hydrogens (tertiary/aromatic N) is 1. The van der Waals surface area contributed by atoms with Crippen molar-refractivity contribution in [1.82, 2.24) is 10.3 Å². The number of hydrogen-bond acceptors (Lipinski definition) is 3. The third kappa shape index (κ3) is 3.34. The van der Waals surface area contributed by atoms with E-state index in [1.165, 1.54) is 12.8 Å². The van der Waals surface area contributed by atoms with E-state index < -0.39 is 0 Å². The highest BCUT2D eigenvalue weighted by molar-refractivity contribution is 9.10. The Balaban J connectivity index is 1.88. The number of aromatic nitrogens is 1. The van der Waals surface area contributed by atoms with Crippen molar-refractivity contribution in [2.45, 2.75) is 12.8 Å². The predicted octanol–water partition coefficient (Wildman–Crippen LogP) is 2.88. The topological polar surface area (TPSA) is 34.1 Å². The molecule has 1 saturated heterocycles. The lowest BCUT2D eigenvalue weighted by Gasteiger charge is -2.22. The van der Waals surface area contributed by atoms with Crippen molar-refractivity contribution in [2.24, 2.45) is 5.92 Å². The highest BCUT2D eigenvalue weighted by Crippen LogP contribution is 2.26.